The number of nitrogens with zero attached hydrogens (tertiary/aromatic N) is 1. The Kier molecular flexibility index (Phi) is 5.22. The number of fused-ring (bicyclic) bond motifs is 3. The first-order chi connectivity index (χ1) is 14.1. The molecule has 1 aromatic rings. The van der Waals surface area contributed by atoms with Gasteiger partial charge in [-0.05, 0) is 74.1 Å². The molecular weight excluding hydrogens is 356 g/mol. The maximum Gasteiger partial charge on any atom is 0.223 e. The highest BCUT2D eigenvalue weighted by Crippen LogP contribution is 2.52. The Labute approximate surface area is 176 Å². The molecule has 3 heteroatoms. The fourth-order valence-electron chi connectivity index (χ4n) is 7.06. The van der Waals surface area contributed by atoms with Gasteiger partial charge in [0.25, 0.3) is 0 Å². The van der Waals surface area contributed by atoms with Gasteiger partial charge in [-0.2, -0.15) is 0 Å². The van der Waals surface area contributed by atoms with Crippen LogP contribution < -0.4 is 5.32 Å². The molecule has 2 saturated carbocycles. The van der Waals surface area contributed by atoms with Crippen LogP contribution in [0.5, 0.6) is 0 Å². The van der Waals surface area contributed by atoms with Crippen molar-refractivity contribution in [2.24, 2.45) is 23.7 Å². The van der Waals surface area contributed by atoms with E-state index in [0.29, 0.717) is 0 Å². The first-order valence-electron chi connectivity index (χ1n) is 12.2. The van der Waals surface area contributed by atoms with Crippen LogP contribution in [0.2, 0.25) is 0 Å². The largest absolute Gasteiger partial charge is 0.349 e. The summed E-state index contributed by atoms with van der Waals surface area (Å²) >= 11 is 0. The third kappa shape index (κ3) is 3.54. The molecule has 1 aromatic carbocycles. The van der Waals surface area contributed by atoms with Crippen LogP contribution in [0.3, 0.4) is 0 Å². The van der Waals surface area contributed by atoms with E-state index in [2.05, 4.69) is 34.5 Å². The predicted octanol–water partition coefficient (Wildman–Crippen LogP) is 5.06. The number of nitrogens with one attached hydrogen (secondary N) is 1. The lowest BCUT2D eigenvalue weighted by atomic mass is 9.58. The molecule has 3 aliphatic carbocycles. The minimum absolute atomic E-state index is 0.0478. The zero-order valence-electron chi connectivity index (χ0n) is 18.3. The van der Waals surface area contributed by atoms with E-state index in [9.17, 15) is 4.79 Å². The highest BCUT2D eigenvalue weighted by Gasteiger charge is 2.47. The number of benzene rings is 1. The maximum atomic E-state index is 12.4. The van der Waals surface area contributed by atoms with E-state index in [4.69, 9.17) is 0 Å². The van der Waals surface area contributed by atoms with E-state index in [1.807, 2.05) is 13.8 Å². The van der Waals surface area contributed by atoms with Crippen LogP contribution in [-0.4, -0.2) is 30.4 Å². The predicted molar refractivity (Wildman–Crippen MR) is 118 cm³/mol. The number of likely N-dealkylation sites (tertiary alicyclic amines) is 1. The normalized spacial score (nSPS) is 33.2. The highest BCUT2D eigenvalue weighted by atomic mass is 16.1. The monoisotopic (exact) mass is 394 g/mol. The Hall–Kier alpha value is -1.35. The van der Waals surface area contributed by atoms with Crippen molar-refractivity contribution in [2.45, 2.75) is 76.7 Å². The van der Waals surface area contributed by atoms with Gasteiger partial charge in [-0.15, -0.1) is 0 Å². The van der Waals surface area contributed by atoms with Crippen molar-refractivity contribution in [1.82, 2.24) is 10.2 Å². The van der Waals surface area contributed by atoms with Crippen LogP contribution >= 0.6 is 0 Å². The minimum Gasteiger partial charge on any atom is -0.349 e. The lowest BCUT2D eigenvalue weighted by Gasteiger charge is -2.51. The van der Waals surface area contributed by atoms with Crippen LogP contribution in [0, 0.1) is 23.7 Å². The number of hydrogen-bond donors (Lipinski definition) is 1. The van der Waals surface area contributed by atoms with Crippen LogP contribution in [0.4, 0.5) is 0 Å². The number of amides is 1. The molecule has 4 aliphatic rings. The quantitative estimate of drug-likeness (QED) is 0.774. The van der Waals surface area contributed by atoms with Gasteiger partial charge in [0.2, 0.25) is 5.91 Å². The first kappa shape index (κ1) is 19.6. The summed E-state index contributed by atoms with van der Waals surface area (Å²) in [5, 5.41) is 3.35. The molecule has 1 aliphatic heterocycles. The van der Waals surface area contributed by atoms with Gasteiger partial charge in [-0.3, -0.25) is 4.79 Å². The number of carbonyl (C=O) groups excluding carboxylic acids is 1. The molecule has 0 bridgehead atoms. The Morgan fingerprint density at radius 1 is 1.17 bits per heavy atom. The molecule has 1 heterocycles. The molecule has 1 amide bonds. The van der Waals surface area contributed by atoms with Crippen LogP contribution in [0.15, 0.2) is 24.3 Å². The third-order valence-electron chi connectivity index (χ3n) is 8.83. The summed E-state index contributed by atoms with van der Waals surface area (Å²) in [5.74, 6) is 3.32. The van der Waals surface area contributed by atoms with Crippen molar-refractivity contribution in [3.63, 3.8) is 0 Å². The number of hydrogen-bond acceptors (Lipinski definition) is 2. The molecule has 2 unspecified atom stereocenters. The number of piperidine rings is 1. The van der Waals surface area contributed by atoms with Crippen molar-refractivity contribution in [3.05, 3.63) is 35.4 Å². The summed E-state index contributed by atoms with van der Waals surface area (Å²) in [6, 6.07) is 9.11. The average molecular weight is 395 g/mol. The topological polar surface area (TPSA) is 32.3 Å². The zero-order chi connectivity index (χ0) is 20.0. The lowest BCUT2D eigenvalue weighted by Crippen LogP contribution is -2.49. The number of carbonyl (C=O) groups is 1. The van der Waals surface area contributed by atoms with Gasteiger partial charge in [0.05, 0.1) is 6.04 Å². The second-order valence-corrected chi connectivity index (χ2v) is 10.8. The molecule has 5 rings (SSSR count). The van der Waals surface area contributed by atoms with Crippen molar-refractivity contribution in [3.8, 4) is 0 Å². The molecular formula is C26H38N2O. The maximum absolute atomic E-state index is 12.4. The molecule has 0 aromatic heterocycles. The Morgan fingerprint density at radius 2 is 1.93 bits per heavy atom. The van der Waals surface area contributed by atoms with Gasteiger partial charge < -0.3 is 10.2 Å². The van der Waals surface area contributed by atoms with Crippen molar-refractivity contribution < 1.29 is 4.79 Å². The van der Waals surface area contributed by atoms with E-state index < -0.39 is 0 Å². The van der Waals surface area contributed by atoms with Gasteiger partial charge in [-0.25, -0.2) is 0 Å². The SMILES string of the molecule is CC(C)C(=O)N[C@H]1CC2(CCN(C[C@H]3CC4CCCCC43)CC2)c2ccccc21. The van der Waals surface area contributed by atoms with Crippen LogP contribution in [-0.2, 0) is 10.2 Å². The molecule has 4 atom stereocenters. The van der Waals surface area contributed by atoms with Crippen molar-refractivity contribution >= 4 is 5.91 Å². The Morgan fingerprint density at radius 3 is 2.69 bits per heavy atom. The molecule has 158 valence electrons. The second kappa shape index (κ2) is 7.72. The first-order valence-corrected chi connectivity index (χ1v) is 12.2. The van der Waals surface area contributed by atoms with Gasteiger partial charge in [0.15, 0.2) is 0 Å². The Bertz CT molecular complexity index is 749. The number of rotatable bonds is 4. The second-order valence-electron chi connectivity index (χ2n) is 10.8. The average Bonchev–Trinajstić information content (AvgIpc) is 3.01. The Balaban J connectivity index is 1.23. The third-order valence-corrected chi connectivity index (χ3v) is 8.83. The van der Waals surface area contributed by atoms with Crippen molar-refractivity contribution in [2.75, 3.05) is 19.6 Å². The van der Waals surface area contributed by atoms with E-state index in [1.165, 1.54) is 75.7 Å². The minimum atomic E-state index is 0.0478. The summed E-state index contributed by atoms with van der Waals surface area (Å²) < 4.78 is 0. The fraction of sp³-hybridized carbons (Fsp3) is 0.731. The van der Waals surface area contributed by atoms with E-state index in [-0.39, 0.29) is 23.3 Å². The molecule has 1 N–H and O–H groups in total. The van der Waals surface area contributed by atoms with Gasteiger partial charge in [0, 0.05) is 17.9 Å². The van der Waals surface area contributed by atoms with E-state index in [1.54, 1.807) is 0 Å². The van der Waals surface area contributed by atoms with E-state index in [0.717, 1.165) is 24.2 Å². The van der Waals surface area contributed by atoms with Crippen LogP contribution in [0.1, 0.15) is 82.4 Å². The molecule has 1 spiro atoms. The van der Waals surface area contributed by atoms with Gasteiger partial charge in [-0.1, -0.05) is 57.4 Å². The van der Waals surface area contributed by atoms with Crippen molar-refractivity contribution in [1.29, 1.82) is 0 Å². The summed E-state index contributed by atoms with van der Waals surface area (Å²) in [5.41, 5.74) is 3.17. The summed E-state index contributed by atoms with van der Waals surface area (Å²) in [6.45, 7) is 7.77. The molecule has 3 nitrogen and oxygen atoms in total. The van der Waals surface area contributed by atoms with Gasteiger partial charge >= 0.3 is 0 Å². The molecule has 3 fully saturated rings. The highest BCUT2D eigenvalue weighted by molar-refractivity contribution is 5.78. The standard InChI is InChI=1S/C26H38N2O/c1-18(2)25(29)27-24-16-26(23-10-6-5-9-22(23)24)11-13-28(14-12-26)17-20-15-19-7-3-4-8-21(19)20/h5-6,9-10,18-21,24H,3-4,7-8,11-17H2,1-2H3,(H,27,29)/t19?,20-,21?,24+/m1/s1. The molecule has 0 radical (unpaired) electrons. The van der Waals surface area contributed by atoms with Gasteiger partial charge in [0.1, 0.15) is 0 Å². The fourth-order valence-corrected chi connectivity index (χ4v) is 7.06. The molecule has 1 saturated heterocycles. The smallest absolute Gasteiger partial charge is 0.223 e. The molecule has 29 heavy (non-hydrogen) atoms. The van der Waals surface area contributed by atoms with E-state index >= 15 is 0 Å². The lowest BCUT2D eigenvalue weighted by molar-refractivity contribution is -0.124. The summed E-state index contributed by atoms with van der Waals surface area (Å²) in [6.07, 6.45) is 11.0. The summed E-state index contributed by atoms with van der Waals surface area (Å²) in [7, 11) is 0. The zero-order valence-corrected chi connectivity index (χ0v) is 18.3. The summed E-state index contributed by atoms with van der Waals surface area (Å²) in [4.78, 5) is 15.2. The van der Waals surface area contributed by atoms with Crippen LogP contribution in [0.25, 0.3) is 0 Å².